The summed E-state index contributed by atoms with van der Waals surface area (Å²) in [5, 5.41) is 4.43. The molecule has 3 nitrogen and oxygen atoms in total. The molecular weight excluding hydrogens is 268 g/mol. The van der Waals surface area contributed by atoms with Crippen molar-refractivity contribution in [1.29, 1.82) is 0 Å². The van der Waals surface area contributed by atoms with Gasteiger partial charge in [-0.25, -0.2) is 4.98 Å². The van der Waals surface area contributed by atoms with Crippen molar-refractivity contribution < 1.29 is 4.74 Å². The number of benzene rings is 1. The van der Waals surface area contributed by atoms with Gasteiger partial charge in [0.05, 0.1) is 18.4 Å². The van der Waals surface area contributed by atoms with Crippen LogP contribution in [0.3, 0.4) is 0 Å². The number of para-hydroxylation sites is 1. The predicted octanol–water partition coefficient (Wildman–Crippen LogP) is 4.05. The lowest BCUT2D eigenvalue weighted by Gasteiger charge is -2.05. The molecule has 1 aromatic carbocycles. The smallest absolute Gasteiger partial charge is 0.129 e. The second-order valence-corrected chi connectivity index (χ2v) is 6.05. The molecule has 20 heavy (non-hydrogen) atoms. The van der Waals surface area contributed by atoms with Crippen LogP contribution < -0.4 is 10.1 Å². The van der Waals surface area contributed by atoms with E-state index in [1.165, 1.54) is 10.6 Å². The fourth-order valence-electron chi connectivity index (χ4n) is 2.12. The molecule has 0 spiro atoms. The zero-order valence-corrected chi connectivity index (χ0v) is 13.4. The monoisotopic (exact) mass is 290 g/mol. The summed E-state index contributed by atoms with van der Waals surface area (Å²) in [6.07, 6.45) is 0. The van der Waals surface area contributed by atoms with Crippen LogP contribution in [0.1, 0.15) is 37.3 Å². The average molecular weight is 290 g/mol. The lowest BCUT2D eigenvalue weighted by Crippen LogP contribution is -2.12. The first-order chi connectivity index (χ1) is 9.67. The topological polar surface area (TPSA) is 34.1 Å². The van der Waals surface area contributed by atoms with E-state index in [9.17, 15) is 0 Å². The Kier molecular flexibility index (Phi) is 5.15. The molecule has 0 saturated heterocycles. The molecule has 0 saturated carbocycles. The van der Waals surface area contributed by atoms with E-state index in [1.807, 2.05) is 18.2 Å². The molecule has 4 heteroatoms. The van der Waals surface area contributed by atoms with Crippen molar-refractivity contribution in [2.24, 2.45) is 0 Å². The number of methoxy groups -OCH3 is 1. The third-order valence-electron chi connectivity index (χ3n) is 3.15. The first-order valence-corrected chi connectivity index (χ1v) is 7.82. The number of nitrogens with one attached hydrogen (secondary N) is 1. The average Bonchev–Trinajstić information content (AvgIpc) is 2.89. The first-order valence-electron chi connectivity index (χ1n) is 7.01. The van der Waals surface area contributed by atoms with Crippen LogP contribution >= 0.6 is 11.3 Å². The van der Waals surface area contributed by atoms with Crippen LogP contribution in [0, 0.1) is 0 Å². The summed E-state index contributed by atoms with van der Waals surface area (Å²) in [6.45, 7) is 8.36. The zero-order chi connectivity index (χ0) is 14.5. The SMILES string of the molecule is CCNCc1sc(-c2ccccc2OC)nc1C(C)C. The van der Waals surface area contributed by atoms with Gasteiger partial charge in [0, 0.05) is 11.4 Å². The third-order valence-corrected chi connectivity index (χ3v) is 4.25. The Hall–Kier alpha value is -1.39. The minimum atomic E-state index is 0.434. The summed E-state index contributed by atoms with van der Waals surface area (Å²) < 4.78 is 5.44. The van der Waals surface area contributed by atoms with E-state index in [2.05, 4.69) is 32.2 Å². The summed E-state index contributed by atoms with van der Waals surface area (Å²) in [5.74, 6) is 1.31. The van der Waals surface area contributed by atoms with Crippen molar-refractivity contribution in [3.8, 4) is 16.3 Å². The summed E-state index contributed by atoms with van der Waals surface area (Å²) >= 11 is 1.76. The van der Waals surface area contributed by atoms with E-state index in [0.29, 0.717) is 5.92 Å². The molecule has 0 bridgehead atoms. The highest BCUT2D eigenvalue weighted by Crippen LogP contribution is 2.36. The molecule has 0 radical (unpaired) electrons. The molecule has 0 fully saturated rings. The molecule has 0 aliphatic heterocycles. The quantitative estimate of drug-likeness (QED) is 0.871. The van der Waals surface area contributed by atoms with Crippen molar-refractivity contribution in [1.82, 2.24) is 10.3 Å². The van der Waals surface area contributed by atoms with Gasteiger partial charge in [-0.2, -0.15) is 0 Å². The van der Waals surface area contributed by atoms with Crippen LogP contribution in [0.15, 0.2) is 24.3 Å². The van der Waals surface area contributed by atoms with Crippen LogP contribution in [0.5, 0.6) is 5.75 Å². The molecule has 2 aromatic rings. The molecule has 0 aliphatic carbocycles. The van der Waals surface area contributed by atoms with Crippen LogP contribution in [0.2, 0.25) is 0 Å². The van der Waals surface area contributed by atoms with Crippen molar-refractivity contribution in [3.05, 3.63) is 34.8 Å². The number of aromatic nitrogens is 1. The van der Waals surface area contributed by atoms with Crippen molar-refractivity contribution >= 4 is 11.3 Å². The molecule has 0 unspecified atom stereocenters. The Bertz CT molecular complexity index is 563. The molecule has 2 rings (SSSR count). The molecule has 0 atom stereocenters. The summed E-state index contributed by atoms with van der Waals surface area (Å²) in [4.78, 5) is 6.16. The van der Waals surface area contributed by atoms with Crippen molar-refractivity contribution in [3.63, 3.8) is 0 Å². The Balaban J connectivity index is 2.42. The second kappa shape index (κ2) is 6.86. The standard InChI is InChI=1S/C16H22N2OS/c1-5-17-10-14-15(11(2)3)18-16(20-14)12-8-6-7-9-13(12)19-4/h6-9,11,17H,5,10H2,1-4H3. The number of rotatable bonds is 6. The normalized spacial score (nSPS) is 11.1. The van der Waals surface area contributed by atoms with Gasteiger partial charge in [0.15, 0.2) is 0 Å². The second-order valence-electron chi connectivity index (χ2n) is 4.96. The fraction of sp³-hybridized carbons (Fsp3) is 0.438. The maximum Gasteiger partial charge on any atom is 0.129 e. The van der Waals surface area contributed by atoms with E-state index < -0.39 is 0 Å². The van der Waals surface area contributed by atoms with Gasteiger partial charge in [-0.1, -0.05) is 32.9 Å². The van der Waals surface area contributed by atoms with Crippen LogP contribution in [-0.2, 0) is 6.54 Å². The minimum absolute atomic E-state index is 0.434. The minimum Gasteiger partial charge on any atom is -0.496 e. The van der Waals surface area contributed by atoms with Gasteiger partial charge in [-0.05, 0) is 24.6 Å². The molecule has 1 aromatic heterocycles. The highest BCUT2D eigenvalue weighted by molar-refractivity contribution is 7.15. The molecule has 0 amide bonds. The third kappa shape index (κ3) is 3.19. The summed E-state index contributed by atoms with van der Waals surface area (Å²) in [6, 6.07) is 8.06. The largest absolute Gasteiger partial charge is 0.496 e. The van der Waals surface area contributed by atoms with Gasteiger partial charge in [-0.15, -0.1) is 11.3 Å². The lowest BCUT2D eigenvalue weighted by atomic mass is 10.1. The predicted molar refractivity (Wildman–Crippen MR) is 85.6 cm³/mol. The molecule has 1 heterocycles. The zero-order valence-electron chi connectivity index (χ0n) is 12.6. The molecule has 1 N–H and O–H groups in total. The van der Waals surface area contributed by atoms with Gasteiger partial charge < -0.3 is 10.1 Å². The van der Waals surface area contributed by atoms with Crippen LogP contribution in [0.25, 0.3) is 10.6 Å². The van der Waals surface area contributed by atoms with Gasteiger partial charge in [-0.3, -0.25) is 0 Å². The maximum absolute atomic E-state index is 5.44. The van der Waals surface area contributed by atoms with E-state index in [0.717, 1.165) is 29.4 Å². The highest BCUT2D eigenvalue weighted by atomic mass is 32.1. The number of ether oxygens (including phenoxy) is 1. The molecule has 108 valence electrons. The van der Waals surface area contributed by atoms with E-state index in [1.54, 1.807) is 18.4 Å². The number of thiazole rings is 1. The molecule has 0 aliphatic rings. The first kappa shape index (κ1) is 15.0. The van der Waals surface area contributed by atoms with Gasteiger partial charge in [0.25, 0.3) is 0 Å². The van der Waals surface area contributed by atoms with Crippen LogP contribution in [-0.4, -0.2) is 18.6 Å². The van der Waals surface area contributed by atoms with E-state index in [4.69, 9.17) is 9.72 Å². The number of hydrogen-bond acceptors (Lipinski definition) is 4. The lowest BCUT2D eigenvalue weighted by molar-refractivity contribution is 0.416. The summed E-state index contributed by atoms with van der Waals surface area (Å²) in [7, 11) is 1.70. The van der Waals surface area contributed by atoms with Gasteiger partial charge >= 0.3 is 0 Å². The van der Waals surface area contributed by atoms with Crippen molar-refractivity contribution in [2.75, 3.05) is 13.7 Å². The number of nitrogens with zero attached hydrogens (tertiary/aromatic N) is 1. The Morgan fingerprint density at radius 2 is 2.05 bits per heavy atom. The van der Waals surface area contributed by atoms with E-state index >= 15 is 0 Å². The summed E-state index contributed by atoms with van der Waals surface area (Å²) in [5.41, 5.74) is 2.27. The number of hydrogen-bond donors (Lipinski definition) is 1. The van der Waals surface area contributed by atoms with E-state index in [-0.39, 0.29) is 0 Å². The van der Waals surface area contributed by atoms with Crippen LogP contribution in [0.4, 0.5) is 0 Å². The van der Waals surface area contributed by atoms with Crippen molar-refractivity contribution in [2.45, 2.75) is 33.2 Å². The van der Waals surface area contributed by atoms with Gasteiger partial charge in [0.1, 0.15) is 10.8 Å². The van der Waals surface area contributed by atoms with Gasteiger partial charge in [0.2, 0.25) is 0 Å². The fourth-order valence-corrected chi connectivity index (χ4v) is 3.33. The maximum atomic E-state index is 5.44. The Labute approximate surface area is 125 Å². The Morgan fingerprint density at radius 3 is 2.70 bits per heavy atom. The Morgan fingerprint density at radius 1 is 1.30 bits per heavy atom. The molecular formula is C16H22N2OS. The highest BCUT2D eigenvalue weighted by Gasteiger charge is 2.16.